The van der Waals surface area contributed by atoms with E-state index in [4.69, 9.17) is 5.11 Å². The second-order valence-electron chi connectivity index (χ2n) is 3.16. The SMILES string of the molecule is CCN(CCCO)C(=O)COCC(F)(F)F. The number of hydrogen-bond acceptors (Lipinski definition) is 3. The first-order valence-corrected chi connectivity index (χ1v) is 4.93. The number of halogens is 3. The molecule has 1 amide bonds. The van der Waals surface area contributed by atoms with Gasteiger partial charge in [-0.15, -0.1) is 0 Å². The molecule has 0 fully saturated rings. The van der Waals surface area contributed by atoms with Gasteiger partial charge in [0, 0.05) is 19.7 Å². The van der Waals surface area contributed by atoms with E-state index in [2.05, 4.69) is 4.74 Å². The van der Waals surface area contributed by atoms with Crippen molar-refractivity contribution in [2.24, 2.45) is 0 Å². The van der Waals surface area contributed by atoms with Gasteiger partial charge < -0.3 is 14.7 Å². The fraction of sp³-hybridized carbons (Fsp3) is 0.889. The molecule has 0 aliphatic rings. The van der Waals surface area contributed by atoms with Crippen LogP contribution in [-0.4, -0.2) is 55.0 Å². The molecule has 0 rings (SSSR count). The maximum absolute atomic E-state index is 11.7. The molecule has 0 aromatic rings. The molecule has 0 spiro atoms. The number of aliphatic hydroxyl groups excluding tert-OH is 1. The lowest BCUT2D eigenvalue weighted by Crippen LogP contribution is -2.36. The quantitative estimate of drug-likeness (QED) is 0.719. The van der Waals surface area contributed by atoms with Gasteiger partial charge in [-0.1, -0.05) is 0 Å². The van der Waals surface area contributed by atoms with E-state index in [0.717, 1.165) is 0 Å². The Morgan fingerprint density at radius 3 is 2.50 bits per heavy atom. The Morgan fingerprint density at radius 1 is 1.44 bits per heavy atom. The number of nitrogens with zero attached hydrogens (tertiary/aromatic N) is 1. The molecular formula is C9H16F3NO3. The summed E-state index contributed by atoms with van der Waals surface area (Å²) >= 11 is 0. The van der Waals surface area contributed by atoms with Crippen molar-refractivity contribution < 1.29 is 27.8 Å². The standard InChI is InChI=1S/C9H16F3NO3/c1-2-13(4-3-5-14)8(15)6-16-7-9(10,11)12/h14H,2-7H2,1H3. The molecule has 96 valence electrons. The van der Waals surface area contributed by atoms with E-state index in [0.29, 0.717) is 19.5 Å². The predicted molar refractivity (Wildman–Crippen MR) is 50.8 cm³/mol. The number of likely N-dealkylation sites (N-methyl/N-ethyl adjacent to an activating group) is 1. The number of rotatable bonds is 7. The van der Waals surface area contributed by atoms with Crippen molar-refractivity contribution in [2.45, 2.75) is 19.5 Å². The van der Waals surface area contributed by atoms with Crippen LogP contribution in [0.3, 0.4) is 0 Å². The van der Waals surface area contributed by atoms with Gasteiger partial charge in [-0.05, 0) is 13.3 Å². The average Bonchev–Trinajstić information content (AvgIpc) is 2.17. The minimum Gasteiger partial charge on any atom is -0.396 e. The summed E-state index contributed by atoms with van der Waals surface area (Å²) in [4.78, 5) is 12.7. The van der Waals surface area contributed by atoms with Crippen molar-refractivity contribution in [3.63, 3.8) is 0 Å². The molecule has 0 bridgehead atoms. The molecule has 0 saturated heterocycles. The topological polar surface area (TPSA) is 49.8 Å². The third-order valence-corrected chi connectivity index (χ3v) is 1.81. The van der Waals surface area contributed by atoms with Crippen molar-refractivity contribution in [1.82, 2.24) is 4.90 Å². The average molecular weight is 243 g/mol. The third kappa shape index (κ3) is 7.47. The molecule has 16 heavy (non-hydrogen) atoms. The number of amides is 1. The van der Waals surface area contributed by atoms with Crippen LogP contribution in [0.4, 0.5) is 13.2 Å². The van der Waals surface area contributed by atoms with Gasteiger partial charge in [0.1, 0.15) is 13.2 Å². The van der Waals surface area contributed by atoms with Crippen molar-refractivity contribution in [1.29, 1.82) is 0 Å². The molecule has 1 N–H and O–H groups in total. The summed E-state index contributed by atoms with van der Waals surface area (Å²) in [7, 11) is 0. The molecule has 0 saturated carbocycles. The normalized spacial score (nSPS) is 11.6. The first-order valence-electron chi connectivity index (χ1n) is 4.93. The minimum absolute atomic E-state index is 0.0623. The van der Waals surface area contributed by atoms with E-state index < -0.39 is 25.3 Å². The summed E-state index contributed by atoms with van der Waals surface area (Å²) in [5.74, 6) is -0.500. The number of aliphatic hydroxyl groups is 1. The largest absolute Gasteiger partial charge is 0.411 e. The molecule has 0 aromatic carbocycles. The summed E-state index contributed by atoms with van der Waals surface area (Å²) < 4.78 is 39.4. The number of carbonyl (C=O) groups is 1. The highest BCUT2D eigenvalue weighted by Gasteiger charge is 2.28. The van der Waals surface area contributed by atoms with Gasteiger partial charge in [0.15, 0.2) is 0 Å². The molecule has 0 unspecified atom stereocenters. The Kier molecular flexibility index (Phi) is 7.07. The maximum Gasteiger partial charge on any atom is 0.411 e. The summed E-state index contributed by atoms with van der Waals surface area (Å²) in [5.41, 5.74) is 0. The molecule has 0 heterocycles. The van der Waals surface area contributed by atoms with Crippen LogP contribution in [0, 0.1) is 0 Å². The summed E-state index contributed by atoms with van der Waals surface area (Å²) in [5, 5.41) is 8.56. The first kappa shape index (κ1) is 15.2. The number of alkyl halides is 3. The predicted octanol–water partition coefficient (Wildman–Crippen LogP) is 0.796. The van der Waals surface area contributed by atoms with E-state index >= 15 is 0 Å². The van der Waals surface area contributed by atoms with E-state index in [1.165, 1.54) is 4.90 Å². The smallest absolute Gasteiger partial charge is 0.396 e. The molecule has 0 aromatic heterocycles. The van der Waals surface area contributed by atoms with Crippen LogP contribution < -0.4 is 0 Å². The lowest BCUT2D eigenvalue weighted by molar-refractivity contribution is -0.177. The highest BCUT2D eigenvalue weighted by molar-refractivity contribution is 5.77. The monoisotopic (exact) mass is 243 g/mol. The highest BCUT2D eigenvalue weighted by Crippen LogP contribution is 2.14. The number of ether oxygens (including phenoxy) is 1. The second kappa shape index (κ2) is 7.45. The Bertz CT molecular complexity index is 209. The summed E-state index contributed by atoms with van der Waals surface area (Å²) in [6.45, 7) is 0.344. The second-order valence-corrected chi connectivity index (χ2v) is 3.16. The van der Waals surface area contributed by atoms with E-state index in [-0.39, 0.29) is 6.61 Å². The summed E-state index contributed by atoms with van der Waals surface area (Å²) in [6, 6.07) is 0. The Balaban J connectivity index is 3.84. The van der Waals surface area contributed by atoms with Crippen molar-refractivity contribution in [3.05, 3.63) is 0 Å². The van der Waals surface area contributed by atoms with Gasteiger partial charge in [-0.3, -0.25) is 4.79 Å². The minimum atomic E-state index is -4.41. The molecule has 0 aliphatic carbocycles. The van der Waals surface area contributed by atoms with Gasteiger partial charge in [0.05, 0.1) is 0 Å². The Hall–Kier alpha value is -0.820. The van der Waals surface area contributed by atoms with Crippen molar-refractivity contribution in [3.8, 4) is 0 Å². The van der Waals surface area contributed by atoms with Gasteiger partial charge >= 0.3 is 6.18 Å². The zero-order valence-corrected chi connectivity index (χ0v) is 9.09. The molecular weight excluding hydrogens is 227 g/mol. The van der Waals surface area contributed by atoms with Crippen LogP contribution in [0.1, 0.15) is 13.3 Å². The zero-order valence-electron chi connectivity index (χ0n) is 9.09. The lowest BCUT2D eigenvalue weighted by Gasteiger charge is -2.20. The molecule has 0 radical (unpaired) electrons. The van der Waals surface area contributed by atoms with Crippen LogP contribution in [0.5, 0.6) is 0 Å². The van der Waals surface area contributed by atoms with E-state index in [9.17, 15) is 18.0 Å². The number of hydrogen-bond donors (Lipinski definition) is 1. The zero-order chi connectivity index (χ0) is 12.6. The molecule has 7 heteroatoms. The first-order chi connectivity index (χ1) is 7.40. The van der Waals surface area contributed by atoms with Crippen LogP contribution in [0.25, 0.3) is 0 Å². The van der Waals surface area contributed by atoms with Crippen LogP contribution >= 0.6 is 0 Å². The highest BCUT2D eigenvalue weighted by atomic mass is 19.4. The third-order valence-electron chi connectivity index (χ3n) is 1.81. The fourth-order valence-electron chi connectivity index (χ4n) is 1.07. The van der Waals surface area contributed by atoms with Crippen LogP contribution in [0.2, 0.25) is 0 Å². The molecule has 0 atom stereocenters. The fourth-order valence-corrected chi connectivity index (χ4v) is 1.07. The van der Waals surface area contributed by atoms with Crippen LogP contribution in [0.15, 0.2) is 0 Å². The van der Waals surface area contributed by atoms with Crippen LogP contribution in [-0.2, 0) is 9.53 Å². The maximum atomic E-state index is 11.7. The van der Waals surface area contributed by atoms with E-state index in [1.54, 1.807) is 6.92 Å². The van der Waals surface area contributed by atoms with Gasteiger partial charge in [0.2, 0.25) is 5.91 Å². The Labute approximate surface area is 92.0 Å². The van der Waals surface area contributed by atoms with Gasteiger partial charge in [-0.2, -0.15) is 13.2 Å². The van der Waals surface area contributed by atoms with Crippen molar-refractivity contribution >= 4 is 5.91 Å². The molecule has 0 aliphatic heterocycles. The summed E-state index contributed by atoms with van der Waals surface area (Å²) in [6.07, 6.45) is -4.01. The van der Waals surface area contributed by atoms with Gasteiger partial charge in [0.25, 0.3) is 0 Å². The van der Waals surface area contributed by atoms with E-state index in [1.807, 2.05) is 0 Å². The lowest BCUT2D eigenvalue weighted by atomic mass is 10.4. The van der Waals surface area contributed by atoms with Gasteiger partial charge in [-0.25, -0.2) is 0 Å². The number of carbonyl (C=O) groups excluding carboxylic acids is 1. The van der Waals surface area contributed by atoms with Crippen molar-refractivity contribution in [2.75, 3.05) is 32.9 Å². The Morgan fingerprint density at radius 2 is 2.06 bits per heavy atom. The molecule has 4 nitrogen and oxygen atoms in total.